The minimum absolute atomic E-state index is 0.00447. The van der Waals surface area contributed by atoms with Crippen molar-refractivity contribution < 1.29 is 32.2 Å². The van der Waals surface area contributed by atoms with E-state index < -0.39 is 40.7 Å². The van der Waals surface area contributed by atoms with Gasteiger partial charge in [0.2, 0.25) is 5.82 Å². The summed E-state index contributed by atoms with van der Waals surface area (Å²) < 4.78 is 52.4. The van der Waals surface area contributed by atoms with Gasteiger partial charge in [-0.2, -0.15) is 4.39 Å². The summed E-state index contributed by atoms with van der Waals surface area (Å²) >= 11 is 0. The highest BCUT2D eigenvalue weighted by Gasteiger charge is 2.20. The summed E-state index contributed by atoms with van der Waals surface area (Å²) in [6.45, 7) is 9.51. The third-order valence-corrected chi connectivity index (χ3v) is 3.39. The Morgan fingerprint density at radius 1 is 0.815 bits per heavy atom. The molecule has 0 saturated heterocycles. The third kappa shape index (κ3) is 4.44. The van der Waals surface area contributed by atoms with Crippen LogP contribution in [0.1, 0.15) is 13.8 Å². The molecule has 0 bridgehead atoms. The zero-order valence-corrected chi connectivity index (χ0v) is 14.6. The highest BCUT2D eigenvalue weighted by atomic mass is 19.2. The van der Waals surface area contributed by atoms with Crippen LogP contribution in [0.15, 0.2) is 54.6 Å². The topological polar surface area (TPSA) is 52.6 Å². The molecule has 0 spiro atoms. The Bertz CT molecular complexity index is 964. The van der Waals surface area contributed by atoms with Crippen molar-refractivity contribution in [1.29, 1.82) is 0 Å². The Hall–Kier alpha value is -3.35. The molecule has 2 aromatic rings. The Morgan fingerprint density at radius 3 is 1.93 bits per heavy atom. The molecule has 0 aliphatic rings. The highest BCUT2D eigenvalue weighted by molar-refractivity contribution is 5.89. The second-order valence-corrected chi connectivity index (χ2v) is 5.72. The van der Waals surface area contributed by atoms with Gasteiger partial charge in [-0.25, -0.2) is 18.4 Å². The van der Waals surface area contributed by atoms with E-state index in [4.69, 9.17) is 4.74 Å². The third-order valence-electron chi connectivity index (χ3n) is 3.39. The molecule has 7 heteroatoms. The smallest absolute Gasteiger partial charge is 0.338 e. The van der Waals surface area contributed by atoms with Crippen LogP contribution in [0.5, 0.6) is 11.5 Å². The van der Waals surface area contributed by atoms with Crippen LogP contribution in [0, 0.1) is 17.5 Å². The van der Waals surface area contributed by atoms with Gasteiger partial charge in [-0.1, -0.05) is 13.2 Å². The van der Waals surface area contributed by atoms with Crippen LogP contribution < -0.4 is 9.47 Å². The fourth-order valence-electron chi connectivity index (χ4n) is 1.98. The number of hydrogen-bond acceptors (Lipinski definition) is 4. The quantitative estimate of drug-likeness (QED) is 0.430. The van der Waals surface area contributed by atoms with Gasteiger partial charge in [0.1, 0.15) is 11.6 Å². The molecule has 0 aromatic heterocycles. The molecule has 0 heterocycles. The molecule has 140 valence electrons. The maximum Gasteiger partial charge on any atom is 0.338 e. The van der Waals surface area contributed by atoms with Crippen molar-refractivity contribution >= 4 is 11.9 Å². The molecule has 0 aliphatic carbocycles. The lowest BCUT2D eigenvalue weighted by molar-refractivity contribution is -0.131. The SMILES string of the molecule is C=C(C)C(=O)Oc1ccc(-c2ccc(OC(=O)C(=C)C)c(F)c2F)c(F)c1. The van der Waals surface area contributed by atoms with E-state index in [9.17, 15) is 22.8 Å². The van der Waals surface area contributed by atoms with Gasteiger partial charge in [0.15, 0.2) is 11.6 Å². The van der Waals surface area contributed by atoms with Crippen LogP contribution in [0.3, 0.4) is 0 Å². The average molecular weight is 376 g/mol. The molecular formula is C20H15F3O4. The first-order valence-electron chi connectivity index (χ1n) is 7.65. The molecule has 0 radical (unpaired) electrons. The molecule has 0 unspecified atom stereocenters. The summed E-state index contributed by atoms with van der Waals surface area (Å²) in [6, 6.07) is 5.29. The van der Waals surface area contributed by atoms with Crippen LogP contribution in [0.2, 0.25) is 0 Å². The Morgan fingerprint density at radius 2 is 1.37 bits per heavy atom. The summed E-state index contributed by atoms with van der Waals surface area (Å²) in [7, 11) is 0. The molecule has 4 nitrogen and oxygen atoms in total. The molecular weight excluding hydrogens is 361 g/mol. The Kier molecular flexibility index (Phi) is 5.85. The van der Waals surface area contributed by atoms with Gasteiger partial charge >= 0.3 is 11.9 Å². The van der Waals surface area contributed by atoms with Crippen LogP contribution in [0.25, 0.3) is 11.1 Å². The fourth-order valence-corrected chi connectivity index (χ4v) is 1.98. The lowest BCUT2D eigenvalue weighted by atomic mass is 10.0. The number of hydrogen-bond donors (Lipinski definition) is 0. The zero-order chi connectivity index (χ0) is 20.3. The molecule has 27 heavy (non-hydrogen) atoms. The standard InChI is InChI=1S/C20H15F3O4/c1-10(2)19(24)26-12-5-6-13(15(21)9-12)14-7-8-16(18(23)17(14)22)27-20(25)11(3)4/h5-9H,1,3H2,2,4H3. The first-order chi connectivity index (χ1) is 12.6. The predicted octanol–water partition coefficient (Wildman–Crippen LogP) is 4.73. The van der Waals surface area contributed by atoms with Crippen LogP contribution in [-0.2, 0) is 9.59 Å². The minimum Gasteiger partial charge on any atom is -0.423 e. The van der Waals surface area contributed by atoms with Gasteiger partial charge in [-0.05, 0) is 38.1 Å². The van der Waals surface area contributed by atoms with Crippen molar-refractivity contribution in [2.75, 3.05) is 0 Å². The molecule has 2 aromatic carbocycles. The molecule has 0 amide bonds. The summed E-state index contributed by atoms with van der Waals surface area (Å²) in [6.07, 6.45) is 0. The van der Waals surface area contributed by atoms with Crippen molar-refractivity contribution in [3.05, 3.63) is 72.1 Å². The average Bonchev–Trinajstić information content (AvgIpc) is 2.59. The summed E-state index contributed by atoms with van der Waals surface area (Å²) in [5.41, 5.74) is -0.533. The fraction of sp³-hybridized carbons (Fsp3) is 0.100. The summed E-state index contributed by atoms with van der Waals surface area (Å²) in [4.78, 5) is 22.9. The van der Waals surface area contributed by atoms with Gasteiger partial charge in [0.25, 0.3) is 0 Å². The number of halogens is 3. The molecule has 0 N–H and O–H groups in total. The van der Waals surface area contributed by atoms with Gasteiger partial charge < -0.3 is 9.47 Å². The normalized spacial score (nSPS) is 10.3. The Balaban J connectivity index is 2.37. The van der Waals surface area contributed by atoms with E-state index in [1.807, 2.05) is 0 Å². The number of ether oxygens (including phenoxy) is 2. The van der Waals surface area contributed by atoms with Gasteiger partial charge in [-0.3, -0.25) is 0 Å². The molecule has 0 aliphatic heterocycles. The van der Waals surface area contributed by atoms with Gasteiger partial charge in [0.05, 0.1) is 0 Å². The number of benzene rings is 2. The zero-order valence-electron chi connectivity index (χ0n) is 14.6. The molecule has 0 saturated carbocycles. The number of esters is 2. The summed E-state index contributed by atoms with van der Waals surface area (Å²) in [5.74, 6) is -6.20. The lowest BCUT2D eigenvalue weighted by Crippen LogP contribution is -2.10. The van der Waals surface area contributed by atoms with Crippen molar-refractivity contribution in [3.63, 3.8) is 0 Å². The Labute approximate surface area is 153 Å². The van der Waals surface area contributed by atoms with E-state index >= 15 is 0 Å². The van der Waals surface area contributed by atoms with E-state index in [0.717, 1.165) is 24.3 Å². The van der Waals surface area contributed by atoms with E-state index in [0.29, 0.717) is 0 Å². The second kappa shape index (κ2) is 7.90. The number of carbonyl (C=O) groups excluding carboxylic acids is 2. The molecule has 0 atom stereocenters. The number of carbonyl (C=O) groups is 2. The van der Waals surface area contributed by atoms with Crippen LogP contribution in [0.4, 0.5) is 13.2 Å². The van der Waals surface area contributed by atoms with Crippen molar-refractivity contribution in [2.24, 2.45) is 0 Å². The van der Waals surface area contributed by atoms with E-state index in [-0.39, 0.29) is 22.5 Å². The molecule has 2 rings (SSSR count). The largest absolute Gasteiger partial charge is 0.423 e. The highest BCUT2D eigenvalue weighted by Crippen LogP contribution is 2.33. The van der Waals surface area contributed by atoms with Crippen molar-refractivity contribution in [2.45, 2.75) is 13.8 Å². The molecule has 0 fully saturated rings. The first-order valence-corrected chi connectivity index (χ1v) is 7.65. The lowest BCUT2D eigenvalue weighted by Gasteiger charge is -2.11. The van der Waals surface area contributed by atoms with Crippen LogP contribution >= 0.6 is 0 Å². The van der Waals surface area contributed by atoms with Gasteiger partial charge in [-0.15, -0.1) is 0 Å². The summed E-state index contributed by atoms with van der Waals surface area (Å²) in [5, 5.41) is 0. The first kappa shape index (κ1) is 20.0. The number of rotatable bonds is 5. The van der Waals surface area contributed by atoms with E-state index in [1.165, 1.54) is 19.9 Å². The second-order valence-electron chi connectivity index (χ2n) is 5.72. The minimum atomic E-state index is -1.45. The monoisotopic (exact) mass is 376 g/mol. The predicted molar refractivity (Wildman–Crippen MR) is 92.7 cm³/mol. The van der Waals surface area contributed by atoms with Crippen LogP contribution in [-0.4, -0.2) is 11.9 Å². The van der Waals surface area contributed by atoms with E-state index in [1.54, 1.807) is 0 Å². The van der Waals surface area contributed by atoms with Gasteiger partial charge in [0, 0.05) is 28.3 Å². The van der Waals surface area contributed by atoms with E-state index in [2.05, 4.69) is 17.9 Å². The van der Waals surface area contributed by atoms with Crippen molar-refractivity contribution in [3.8, 4) is 22.6 Å². The maximum atomic E-state index is 14.3. The maximum absolute atomic E-state index is 14.3. The van der Waals surface area contributed by atoms with Crippen molar-refractivity contribution in [1.82, 2.24) is 0 Å².